The van der Waals surface area contributed by atoms with Gasteiger partial charge >= 0.3 is 0 Å². The van der Waals surface area contributed by atoms with Crippen LogP contribution in [-0.4, -0.2) is 13.1 Å². The first-order valence-corrected chi connectivity index (χ1v) is 5.48. The molecule has 2 unspecified atom stereocenters. The van der Waals surface area contributed by atoms with E-state index in [4.69, 9.17) is 0 Å². The van der Waals surface area contributed by atoms with Gasteiger partial charge in [0.1, 0.15) is 5.82 Å². The van der Waals surface area contributed by atoms with Gasteiger partial charge in [-0.25, -0.2) is 4.39 Å². The lowest BCUT2D eigenvalue weighted by Gasteiger charge is -2.18. The van der Waals surface area contributed by atoms with Crippen molar-refractivity contribution in [1.82, 2.24) is 5.32 Å². The lowest BCUT2D eigenvalue weighted by Crippen LogP contribution is -2.23. The van der Waals surface area contributed by atoms with E-state index in [2.05, 4.69) is 19.2 Å². The molecule has 0 spiro atoms. The van der Waals surface area contributed by atoms with Crippen LogP contribution in [0.4, 0.5) is 4.39 Å². The molecule has 0 aromatic heterocycles. The van der Waals surface area contributed by atoms with Crippen LogP contribution in [-0.2, 0) is 0 Å². The molecule has 0 heterocycles. The maximum absolute atomic E-state index is 13.1. The highest BCUT2D eigenvalue weighted by Gasteiger charge is 2.12. The molecule has 1 aromatic rings. The van der Waals surface area contributed by atoms with Gasteiger partial charge in [0.05, 0.1) is 0 Å². The number of hydrogen-bond donors (Lipinski definition) is 1. The molecular weight excluding hydrogens is 189 g/mol. The van der Waals surface area contributed by atoms with E-state index in [0.717, 1.165) is 12.0 Å². The summed E-state index contributed by atoms with van der Waals surface area (Å²) >= 11 is 0. The van der Waals surface area contributed by atoms with Gasteiger partial charge in [-0.15, -0.1) is 0 Å². The summed E-state index contributed by atoms with van der Waals surface area (Å²) in [4.78, 5) is 0. The van der Waals surface area contributed by atoms with Crippen molar-refractivity contribution < 1.29 is 4.39 Å². The molecule has 2 heteroatoms. The first kappa shape index (κ1) is 12.2. The first-order valence-electron chi connectivity index (χ1n) is 5.48. The molecule has 0 amide bonds. The molecule has 84 valence electrons. The van der Waals surface area contributed by atoms with Gasteiger partial charge in [-0.1, -0.05) is 13.0 Å². The van der Waals surface area contributed by atoms with Crippen molar-refractivity contribution in [3.8, 4) is 0 Å². The summed E-state index contributed by atoms with van der Waals surface area (Å²) in [5.74, 6) is 0.253. The van der Waals surface area contributed by atoms with Gasteiger partial charge in [0.25, 0.3) is 0 Å². The molecule has 1 aromatic carbocycles. The average molecular weight is 209 g/mol. The number of hydrogen-bond acceptors (Lipinski definition) is 1. The van der Waals surface area contributed by atoms with Crippen molar-refractivity contribution in [3.05, 3.63) is 35.1 Å². The van der Waals surface area contributed by atoms with Crippen molar-refractivity contribution >= 4 is 0 Å². The van der Waals surface area contributed by atoms with Crippen molar-refractivity contribution in [2.24, 2.45) is 0 Å². The second kappa shape index (κ2) is 5.26. The Morgan fingerprint density at radius 3 is 2.60 bits per heavy atom. The molecule has 2 atom stereocenters. The molecule has 15 heavy (non-hydrogen) atoms. The SMILES string of the molecule is CNC(C)CC(C)c1cc(F)ccc1C. The number of aryl methyl sites for hydroxylation is 1. The van der Waals surface area contributed by atoms with Crippen LogP contribution >= 0.6 is 0 Å². The summed E-state index contributed by atoms with van der Waals surface area (Å²) in [5.41, 5.74) is 2.30. The zero-order chi connectivity index (χ0) is 11.4. The molecule has 1 N–H and O–H groups in total. The number of rotatable bonds is 4. The molecule has 0 aliphatic rings. The van der Waals surface area contributed by atoms with E-state index >= 15 is 0 Å². The third kappa shape index (κ3) is 3.31. The maximum Gasteiger partial charge on any atom is 0.123 e. The molecule has 0 aliphatic carbocycles. The molecule has 0 bridgehead atoms. The van der Waals surface area contributed by atoms with Gasteiger partial charge in [-0.2, -0.15) is 0 Å². The van der Waals surface area contributed by atoms with Gasteiger partial charge in [0.2, 0.25) is 0 Å². The highest BCUT2D eigenvalue weighted by atomic mass is 19.1. The van der Waals surface area contributed by atoms with Crippen LogP contribution in [0.2, 0.25) is 0 Å². The molecule has 0 saturated carbocycles. The molecule has 0 fully saturated rings. The second-order valence-corrected chi connectivity index (χ2v) is 4.33. The van der Waals surface area contributed by atoms with Crippen molar-refractivity contribution in [2.45, 2.75) is 39.2 Å². The Labute approximate surface area is 91.7 Å². The van der Waals surface area contributed by atoms with Crippen LogP contribution in [0.3, 0.4) is 0 Å². The molecule has 0 aliphatic heterocycles. The Hall–Kier alpha value is -0.890. The van der Waals surface area contributed by atoms with Crippen LogP contribution in [0, 0.1) is 12.7 Å². The normalized spacial score (nSPS) is 15.0. The summed E-state index contributed by atoms with van der Waals surface area (Å²) in [6.07, 6.45) is 1.03. The van der Waals surface area contributed by atoms with E-state index in [1.165, 1.54) is 11.6 Å². The fourth-order valence-corrected chi connectivity index (χ4v) is 1.92. The topological polar surface area (TPSA) is 12.0 Å². The van der Waals surface area contributed by atoms with E-state index in [1.54, 1.807) is 6.07 Å². The first-order chi connectivity index (χ1) is 7.04. The number of nitrogens with one attached hydrogen (secondary N) is 1. The van der Waals surface area contributed by atoms with Gasteiger partial charge in [0.15, 0.2) is 0 Å². The summed E-state index contributed by atoms with van der Waals surface area (Å²) in [6.45, 7) is 6.33. The van der Waals surface area contributed by atoms with Crippen LogP contribution in [0.1, 0.15) is 37.3 Å². The fourth-order valence-electron chi connectivity index (χ4n) is 1.92. The van der Waals surface area contributed by atoms with Crippen molar-refractivity contribution in [2.75, 3.05) is 7.05 Å². The Morgan fingerprint density at radius 1 is 1.33 bits per heavy atom. The number of benzene rings is 1. The van der Waals surface area contributed by atoms with E-state index in [1.807, 2.05) is 20.0 Å². The van der Waals surface area contributed by atoms with E-state index in [-0.39, 0.29) is 5.82 Å². The fraction of sp³-hybridized carbons (Fsp3) is 0.538. The van der Waals surface area contributed by atoms with E-state index in [9.17, 15) is 4.39 Å². The van der Waals surface area contributed by atoms with Crippen LogP contribution in [0.5, 0.6) is 0 Å². The Balaban J connectivity index is 2.80. The zero-order valence-electron chi connectivity index (χ0n) is 9.97. The minimum atomic E-state index is -0.139. The Kier molecular flexibility index (Phi) is 4.28. The van der Waals surface area contributed by atoms with Crippen LogP contribution in [0.25, 0.3) is 0 Å². The van der Waals surface area contributed by atoms with E-state index in [0.29, 0.717) is 12.0 Å². The van der Waals surface area contributed by atoms with Gasteiger partial charge in [-0.3, -0.25) is 0 Å². The summed E-state index contributed by atoms with van der Waals surface area (Å²) in [6, 6.07) is 5.49. The summed E-state index contributed by atoms with van der Waals surface area (Å²) < 4.78 is 13.1. The molecular formula is C13H20FN. The van der Waals surface area contributed by atoms with Crippen LogP contribution in [0.15, 0.2) is 18.2 Å². The van der Waals surface area contributed by atoms with Gasteiger partial charge < -0.3 is 5.32 Å². The standard InChI is InChI=1S/C13H20FN/c1-9-5-6-12(14)8-13(9)10(2)7-11(3)15-4/h5-6,8,10-11,15H,7H2,1-4H3. The molecule has 0 saturated heterocycles. The third-order valence-corrected chi connectivity index (χ3v) is 2.97. The Morgan fingerprint density at radius 2 is 2.00 bits per heavy atom. The van der Waals surface area contributed by atoms with Crippen molar-refractivity contribution in [3.63, 3.8) is 0 Å². The molecule has 1 nitrogen and oxygen atoms in total. The predicted molar refractivity (Wildman–Crippen MR) is 62.7 cm³/mol. The minimum absolute atomic E-state index is 0.139. The highest BCUT2D eigenvalue weighted by molar-refractivity contribution is 5.29. The zero-order valence-corrected chi connectivity index (χ0v) is 9.97. The summed E-state index contributed by atoms with van der Waals surface area (Å²) in [7, 11) is 1.95. The lowest BCUT2D eigenvalue weighted by atomic mass is 9.91. The molecule has 0 radical (unpaired) electrons. The smallest absolute Gasteiger partial charge is 0.123 e. The van der Waals surface area contributed by atoms with Crippen molar-refractivity contribution in [1.29, 1.82) is 0 Å². The van der Waals surface area contributed by atoms with Gasteiger partial charge in [0, 0.05) is 6.04 Å². The van der Waals surface area contributed by atoms with E-state index < -0.39 is 0 Å². The van der Waals surface area contributed by atoms with Gasteiger partial charge in [-0.05, 0) is 56.5 Å². The minimum Gasteiger partial charge on any atom is -0.317 e. The second-order valence-electron chi connectivity index (χ2n) is 4.33. The average Bonchev–Trinajstić information content (AvgIpc) is 2.21. The Bertz CT molecular complexity index is 322. The predicted octanol–water partition coefficient (Wildman–Crippen LogP) is 3.24. The number of halogens is 1. The quantitative estimate of drug-likeness (QED) is 0.802. The molecule has 1 rings (SSSR count). The van der Waals surface area contributed by atoms with Crippen LogP contribution < -0.4 is 5.32 Å². The lowest BCUT2D eigenvalue weighted by molar-refractivity contribution is 0.512. The largest absolute Gasteiger partial charge is 0.317 e. The third-order valence-electron chi connectivity index (χ3n) is 2.97. The summed E-state index contributed by atoms with van der Waals surface area (Å²) in [5, 5.41) is 3.21. The highest BCUT2D eigenvalue weighted by Crippen LogP contribution is 2.24. The maximum atomic E-state index is 13.1. The monoisotopic (exact) mass is 209 g/mol.